The van der Waals surface area contributed by atoms with Crippen LogP contribution in [0.4, 0.5) is 0 Å². The Morgan fingerprint density at radius 3 is 2.45 bits per heavy atom. The zero-order valence-electron chi connectivity index (χ0n) is 17.0. The Morgan fingerprint density at radius 2 is 1.76 bits per heavy atom. The Morgan fingerprint density at radius 1 is 1.03 bits per heavy atom. The van der Waals surface area contributed by atoms with Crippen molar-refractivity contribution in [3.8, 4) is 11.9 Å². The number of ether oxygens (including phenoxy) is 2. The number of nitrogens with one attached hydrogen (secondary N) is 1. The smallest absolute Gasteiger partial charge is 0.320 e. The average molecular weight is 421 g/mol. The van der Waals surface area contributed by atoms with Crippen molar-refractivity contribution in [2.24, 2.45) is 0 Å². The number of carbonyl (C=O) groups excluding carboxylic acids is 1. The van der Waals surface area contributed by atoms with Crippen LogP contribution >= 0.6 is 12.4 Å². The molecule has 0 radical (unpaired) electrons. The van der Waals surface area contributed by atoms with Gasteiger partial charge in [-0.1, -0.05) is 37.1 Å². The molecule has 1 N–H and O–H groups in total. The molecule has 0 aliphatic carbocycles. The quantitative estimate of drug-likeness (QED) is 0.741. The Labute approximate surface area is 178 Å². The van der Waals surface area contributed by atoms with Gasteiger partial charge in [-0.05, 0) is 37.1 Å². The Kier molecular flexibility index (Phi) is 9.15. The van der Waals surface area contributed by atoms with Crippen LogP contribution in [0.25, 0.3) is 0 Å². The predicted octanol–water partition coefficient (Wildman–Crippen LogP) is 3.22. The van der Waals surface area contributed by atoms with Crippen LogP contribution in [0.3, 0.4) is 0 Å². The second-order valence-electron chi connectivity index (χ2n) is 6.98. The molecule has 2 aromatic rings. The molecular formula is C21H29ClN4O3. The van der Waals surface area contributed by atoms with E-state index in [4.69, 9.17) is 9.47 Å². The molecule has 1 amide bonds. The van der Waals surface area contributed by atoms with Crippen molar-refractivity contribution in [2.75, 3.05) is 27.3 Å². The van der Waals surface area contributed by atoms with Crippen molar-refractivity contribution in [3.63, 3.8) is 0 Å². The second kappa shape index (κ2) is 11.6. The number of likely N-dealkylation sites (tertiary alicyclic amines) is 1. The maximum absolute atomic E-state index is 12.5. The van der Waals surface area contributed by atoms with Crippen LogP contribution in [0.2, 0.25) is 0 Å². The van der Waals surface area contributed by atoms with Crippen molar-refractivity contribution >= 4 is 18.3 Å². The Bertz CT molecular complexity index is 773. The third-order valence-corrected chi connectivity index (χ3v) is 4.86. The molecule has 8 heteroatoms. The number of amides is 1. The first-order chi connectivity index (χ1) is 13.7. The van der Waals surface area contributed by atoms with E-state index in [-0.39, 0.29) is 35.9 Å². The van der Waals surface area contributed by atoms with Crippen LogP contribution < -0.4 is 14.8 Å². The first-order valence-corrected chi connectivity index (χ1v) is 9.73. The summed E-state index contributed by atoms with van der Waals surface area (Å²) >= 11 is 0. The number of aromatic nitrogens is 2. The molecule has 1 fully saturated rings. The molecule has 1 aromatic carbocycles. The minimum absolute atomic E-state index is 0. The highest BCUT2D eigenvalue weighted by Gasteiger charge is 2.13. The molecule has 3 rings (SSSR count). The van der Waals surface area contributed by atoms with E-state index in [1.165, 1.54) is 64.6 Å². The van der Waals surface area contributed by atoms with Crippen molar-refractivity contribution in [1.82, 2.24) is 20.2 Å². The lowest BCUT2D eigenvalue weighted by molar-refractivity contribution is 0.0944. The number of methoxy groups -OCH3 is 2. The molecule has 0 saturated carbocycles. The monoisotopic (exact) mass is 420 g/mol. The summed E-state index contributed by atoms with van der Waals surface area (Å²) in [6, 6.07) is 9.97. The first kappa shape index (κ1) is 22.9. The Hall–Kier alpha value is -2.38. The van der Waals surface area contributed by atoms with Gasteiger partial charge in [-0.2, -0.15) is 9.97 Å². The lowest BCUT2D eigenvalue weighted by Crippen LogP contribution is -2.25. The fraction of sp³-hybridized carbons (Fsp3) is 0.476. The van der Waals surface area contributed by atoms with Crippen LogP contribution in [0.5, 0.6) is 11.9 Å². The minimum atomic E-state index is -0.295. The van der Waals surface area contributed by atoms with Crippen LogP contribution in [-0.4, -0.2) is 48.1 Å². The molecule has 0 atom stereocenters. The standard InChI is InChI=1S/C21H28N4O3.ClH/c1-27-19-13-18(23-21(24-19)28-2)20(26)22-14-16-8-7-9-17(12-16)15-25-10-5-3-4-6-11-25;/h7-9,12-13H,3-6,10-11,14-15H2,1-2H3,(H,22,26);1H. The fourth-order valence-corrected chi connectivity index (χ4v) is 3.38. The van der Waals surface area contributed by atoms with Gasteiger partial charge in [-0.15, -0.1) is 12.4 Å². The van der Waals surface area contributed by atoms with E-state index < -0.39 is 0 Å². The highest BCUT2D eigenvalue weighted by Crippen LogP contribution is 2.15. The summed E-state index contributed by atoms with van der Waals surface area (Å²) in [6.07, 6.45) is 5.23. The molecule has 1 saturated heterocycles. The van der Waals surface area contributed by atoms with Gasteiger partial charge in [0.05, 0.1) is 14.2 Å². The molecule has 1 aromatic heterocycles. The van der Waals surface area contributed by atoms with Crippen LogP contribution in [0.1, 0.15) is 47.3 Å². The zero-order chi connectivity index (χ0) is 19.8. The lowest BCUT2D eigenvalue weighted by atomic mass is 10.1. The van der Waals surface area contributed by atoms with Crippen molar-refractivity contribution in [2.45, 2.75) is 38.8 Å². The Balaban J connectivity index is 0.00000300. The number of rotatable bonds is 7. The SMILES string of the molecule is COc1cc(C(=O)NCc2cccc(CN3CCCCCC3)c2)nc(OC)n1.Cl. The third-order valence-electron chi connectivity index (χ3n) is 4.86. The normalized spacial score (nSPS) is 14.4. The molecule has 0 unspecified atom stereocenters. The molecule has 29 heavy (non-hydrogen) atoms. The van der Waals surface area contributed by atoms with Gasteiger partial charge < -0.3 is 14.8 Å². The van der Waals surface area contributed by atoms with Gasteiger partial charge in [0.15, 0.2) is 0 Å². The molecule has 158 valence electrons. The second-order valence-corrected chi connectivity index (χ2v) is 6.98. The molecule has 7 nitrogen and oxygen atoms in total. The van der Waals surface area contributed by atoms with E-state index in [0.717, 1.165) is 12.1 Å². The van der Waals surface area contributed by atoms with E-state index in [9.17, 15) is 4.79 Å². The summed E-state index contributed by atoms with van der Waals surface area (Å²) in [6.45, 7) is 3.72. The van der Waals surface area contributed by atoms with Gasteiger partial charge in [0.2, 0.25) is 5.88 Å². The summed E-state index contributed by atoms with van der Waals surface area (Å²) in [5.41, 5.74) is 2.55. The van der Waals surface area contributed by atoms with E-state index >= 15 is 0 Å². The minimum Gasteiger partial charge on any atom is -0.481 e. The maximum Gasteiger partial charge on any atom is 0.320 e. The van der Waals surface area contributed by atoms with Gasteiger partial charge >= 0.3 is 6.01 Å². The number of halogens is 1. The van der Waals surface area contributed by atoms with Gasteiger partial charge in [0.25, 0.3) is 5.91 Å². The average Bonchev–Trinajstić information content (AvgIpc) is 3.00. The number of nitrogens with zero attached hydrogens (tertiary/aromatic N) is 3. The van der Waals surface area contributed by atoms with Crippen molar-refractivity contribution in [3.05, 3.63) is 47.2 Å². The van der Waals surface area contributed by atoms with Crippen LogP contribution in [-0.2, 0) is 13.1 Å². The fourth-order valence-electron chi connectivity index (χ4n) is 3.38. The predicted molar refractivity (Wildman–Crippen MR) is 114 cm³/mol. The van der Waals surface area contributed by atoms with Gasteiger partial charge in [-0.25, -0.2) is 0 Å². The number of hydrogen-bond acceptors (Lipinski definition) is 6. The van der Waals surface area contributed by atoms with Crippen LogP contribution in [0, 0.1) is 0 Å². The molecule has 1 aliphatic rings. The van der Waals surface area contributed by atoms with E-state index in [1.54, 1.807) is 0 Å². The molecule has 0 spiro atoms. The number of benzene rings is 1. The highest BCUT2D eigenvalue weighted by molar-refractivity contribution is 5.92. The third kappa shape index (κ3) is 6.87. The van der Waals surface area contributed by atoms with E-state index in [1.807, 2.05) is 12.1 Å². The highest BCUT2D eigenvalue weighted by atomic mass is 35.5. The molecule has 0 bridgehead atoms. The summed E-state index contributed by atoms with van der Waals surface area (Å²) in [7, 11) is 2.94. The van der Waals surface area contributed by atoms with Crippen molar-refractivity contribution < 1.29 is 14.3 Å². The van der Waals surface area contributed by atoms with Gasteiger partial charge in [-0.3, -0.25) is 9.69 Å². The van der Waals surface area contributed by atoms with E-state index in [0.29, 0.717) is 6.54 Å². The van der Waals surface area contributed by atoms with Crippen molar-refractivity contribution in [1.29, 1.82) is 0 Å². The maximum atomic E-state index is 12.5. The molecule has 2 heterocycles. The van der Waals surface area contributed by atoms with Gasteiger partial charge in [0.1, 0.15) is 5.69 Å². The summed E-state index contributed by atoms with van der Waals surface area (Å²) in [4.78, 5) is 23.1. The number of carbonyl (C=O) groups is 1. The summed E-state index contributed by atoms with van der Waals surface area (Å²) in [5, 5.41) is 2.90. The number of hydrogen-bond donors (Lipinski definition) is 1. The van der Waals surface area contributed by atoms with Gasteiger partial charge in [0, 0.05) is 19.2 Å². The van der Waals surface area contributed by atoms with Crippen LogP contribution in [0.15, 0.2) is 30.3 Å². The summed E-state index contributed by atoms with van der Waals surface area (Å²) in [5.74, 6) is -0.00614. The summed E-state index contributed by atoms with van der Waals surface area (Å²) < 4.78 is 10.1. The molecule has 1 aliphatic heterocycles. The molecular weight excluding hydrogens is 392 g/mol. The zero-order valence-corrected chi connectivity index (χ0v) is 17.8. The van der Waals surface area contributed by atoms with E-state index in [2.05, 4.69) is 32.3 Å². The lowest BCUT2D eigenvalue weighted by Gasteiger charge is -2.20. The largest absolute Gasteiger partial charge is 0.481 e. The topological polar surface area (TPSA) is 76.6 Å². The first-order valence-electron chi connectivity index (χ1n) is 9.73.